The zero-order valence-corrected chi connectivity index (χ0v) is 13.1. The highest BCUT2D eigenvalue weighted by molar-refractivity contribution is 6.02. The molecule has 21 heavy (non-hydrogen) atoms. The van der Waals surface area contributed by atoms with Gasteiger partial charge in [0.2, 0.25) is 5.79 Å². The molecule has 0 aliphatic carbocycles. The summed E-state index contributed by atoms with van der Waals surface area (Å²) in [6.07, 6.45) is -1.01. The van der Waals surface area contributed by atoms with E-state index in [0.717, 1.165) is 6.92 Å². The lowest BCUT2D eigenvalue weighted by atomic mass is 9.87. The molecule has 0 aromatic carbocycles. The van der Waals surface area contributed by atoms with Crippen LogP contribution in [0.1, 0.15) is 41.5 Å². The van der Waals surface area contributed by atoms with E-state index in [2.05, 4.69) is 0 Å². The summed E-state index contributed by atoms with van der Waals surface area (Å²) in [5.41, 5.74) is -3.10. The Bertz CT molecular complexity index is 476. The molecule has 2 N–H and O–H groups in total. The minimum atomic E-state index is -2.65. The van der Waals surface area contributed by atoms with Crippen LogP contribution in [0.15, 0.2) is 11.3 Å². The Morgan fingerprint density at radius 1 is 1.10 bits per heavy atom. The second kappa shape index (κ2) is 5.65. The van der Waals surface area contributed by atoms with Gasteiger partial charge in [0.25, 0.3) is 5.60 Å². The van der Waals surface area contributed by atoms with Gasteiger partial charge in [0, 0.05) is 6.92 Å². The van der Waals surface area contributed by atoms with E-state index < -0.39 is 41.1 Å². The molecule has 7 heteroatoms. The summed E-state index contributed by atoms with van der Waals surface area (Å²) in [7, 11) is 0. The molecule has 1 aliphatic rings. The van der Waals surface area contributed by atoms with E-state index in [9.17, 15) is 19.8 Å². The minimum absolute atomic E-state index is 0.0890. The van der Waals surface area contributed by atoms with Crippen molar-refractivity contribution in [3.8, 4) is 0 Å². The monoisotopic (exact) mass is 302 g/mol. The highest BCUT2D eigenvalue weighted by Crippen LogP contribution is 2.43. The van der Waals surface area contributed by atoms with Crippen LogP contribution in [0.5, 0.6) is 0 Å². The number of esters is 2. The van der Waals surface area contributed by atoms with Gasteiger partial charge in [0.15, 0.2) is 0 Å². The van der Waals surface area contributed by atoms with Gasteiger partial charge in [-0.3, -0.25) is 0 Å². The lowest BCUT2D eigenvalue weighted by molar-refractivity contribution is -0.245. The summed E-state index contributed by atoms with van der Waals surface area (Å²) in [6.45, 7) is 8.82. The fourth-order valence-electron chi connectivity index (χ4n) is 2.06. The Morgan fingerprint density at radius 2 is 1.57 bits per heavy atom. The van der Waals surface area contributed by atoms with Crippen molar-refractivity contribution in [1.29, 1.82) is 0 Å². The van der Waals surface area contributed by atoms with Crippen LogP contribution in [-0.4, -0.2) is 45.7 Å². The molecule has 0 aromatic heterocycles. The van der Waals surface area contributed by atoms with E-state index in [1.807, 2.05) is 0 Å². The van der Waals surface area contributed by atoms with Crippen molar-refractivity contribution in [1.82, 2.24) is 0 Å². The van der Waals surface area contributed by atoms with Crippen molar-refractivity contribution in [2.45, 2.75) is 65.1 Å². The molecule has 0 fully saturated rings. The molecular weight excluding hydrogens is 280 g/mol. The van der Waals surface area contributed by atoms with Gasteiger partial charge in [-0.2, -0.15) is 0 Å². The number of rotatable bonds is 4. The standard InChI is InChI=1S/C14H22O7/c1-7(2)19-11(15)10-9(5)21-13(6,17)14(10,18)12(16)20-8(3)4/h7-8,17-18H,1-6H3/t13-,14+/m0/s1. The Balaban J connectivity index is 3.28. The average molecular weight is 302 g/mol. The zero-order chi connectivity index (χ0) is 16.6. The SMILES string of the molecule is CC1=C(C(=O)OC(C)C)[C@@](O)(C(=O)OC(C)C)[C@@](C)(O)O1. The van der Waals surface area contributed by atoms with E-state index in [-0.39, 0.29) is 5.76 Å². The molecular formula is C14H22O7. The molecule has 7 nitrogen and oxygen atoms in total. The third kappa shape index (κ3) is 3.03. The lowest BCUT2D eigenvalue weighted by Crippen LogP contribution is -2.59. The third-order valence-electron chi connectivity index (χ3n) is 2.92. The van der Waals surface area contributed by atoms with Gasteiger partial charge >= 0.3 is 11.9 Å². The average Bonchev–Trinajstić information content (AvgIpc) is 2.43. The van der Waals surface area contributed by atoms with Crippen molar-refractivity contribution in [2.24, 2.45) is 0 Å². The van der Waals surface area contributed by atoms with Gasteiger partial charge in [0.1, 0.15) is 11.3 Å². The summed E-state index contributed by atoms with van der Waals surface area (Å²) < 4.78 is 15.0. The predicted octanol–water partition coefficient (Wildman–Crippen LogP) is 0.633. The number of aliphatic hydroxyl groups is 2. The van der Waals surface area contributed by atoms with Gasteiger partial charge in [-0.15, -0.1) is 0 Å². The largest absolute Gasteiger partial charge is 0.463 e. The molecule has 0 radical (unpaired) electrons. The number of ether oxygens (including phenoxy) is 3. The molecule has 120 valence electrons. The first kappa shape index (κ1) is 17.5. The van der Waals surface area contributed by atoms with Crippen LogP contribution < -0.4 is 0 Å². The van der Waals surface area contributed by atoms with Gasteiger partial charge < -0.3 is 24.4 Å². The second-order valence-electron chi connectivity index (χ2n) is 5.63. The lowest BCUT2D eigenvalue weighted by Gasteiger charge is -2.33. The van der Waals surface area contributed by atoms with Crippen molar-refractivity contribution in [2.75, 3.05) is 0 Å². The second-order valence-corrected chi connectivity index (χ2v) is 5.63. The summed E-state index contributed by atoms with van der Waals surface area (Å²) in [6, 6.07) is 0. The van der Waals surface area contributed by atoms with Crippen LogP contribution >= 0.6 is 0 Å². The Hall–Kier alpha value is -1.60. The maximum Gasteiger partial charge on any atom is 0.350 e. The van der Waals surface area contributed by atoms with Crippen molar-refractivity contribution < 1.29 is 34.0 Å². The van der Waals surface area contributed by atoms with Crippen LogP contribution in [0.25, 0.3) is 0 Å². The van der Waals surface area contributed by atoms with Gasteiger partial charge in [0.05, 0.1) is 12.2 Å². The van der Waals surface area contributed by atoms with Crippen LogP contribution in [0.3, 0.4) is 0 Å². The summed E-state index contributed by atoms with van der Waals surface area (Å²) in [4.78, 5) is 24.3. The molecule has 1 aliphatic heterocycles. The third-order valence-corrected chi connectivity index (χ3v) is 2.92. The first-order valence-corrected chi connectivity index (χ1v) is 6.70. The topological polar surface area (TPSA) is 102 Å². The first-order chi connectivity index (χ1) is 9.43. The summed E-state index contributed by atoms with van der Waals surface area (Å²) in [5, 5.41) is 20.8. The van der Waals surface area contributed by atoms with Gasteiger partial charge in [-0.1, -0.05) is 0 Å². The van der Waals surface area contributed by atoms with E-state index in [0.29, 0.717) is 0 Å². The Morgan fingerprint density at radius 3 is 2.00 bits per heavy atom. The molecule has 0 amide bonds. The van der Waals surface area contributed by atoms with Crippen molar-refractivity contribution in [3.63, 3.8) is 0 Å². The summed E-state index contributed by atoms with van der Waals surface area (Å²) >= 11 is 0. The minimum Gasteiger partial charge on any atom is -0.463 e. The zero-order valence-electron chi connectivity index (χ0n) is 13.1. The number of carbonyl (C=O) groups excluding carboxylic acids is 2. The molecule has 0 saturated carbocycles. The fraction of sp³-hybridized carbons (Fsp3) is 0.714. The number of hydrogen-bond acceptors (Lipinski definition) is 7. The quantitative estimate of drug-likeness (QED) is 0.734. The predicted molar refractivity (Wildman–Crippen MR) is 71.8 cm³/mol. The summed E-state index contributed by atoms with van der Waals surface area (Å²) in [5.74, 6) is -4.53. The molecule has 0 spiro atoms. The van der Waals surface area contributed by atoms with E-state index in [4.69, 9.17) is 14.2 Å². The highest BCUT2D eigenvalue weighted by Gasteiger charge is 2.66. The van der Waals surface area contributed by atoms with Crippen molar-refractivity contribution in [3.05, 3.63) is 11.3 Å². The Labute approximate surface area is 123 Å². The molecule has 0 saturated heterocycles. The van der Waals surface area contributed by atoms with Crippen LogP contribution in [-0.2, 0) is 23.8 Å². The fourth-order valence-corrected chi connectivity index (χ4v) is 2.06. The molecule has 1 rings (SSSR count). The van der Waals surface area contributed by atoms with Crippen LogP contribution in [0.2, 0.25) is 0 Å². The van der Waals surface area contributed by atoms with Gasteiger partial charge in [-0.25, -0.2) is 9.59 Å². The molecule has 0 unspecified atom stereocenters. The number of hydrogen-bond donors (Lipinski definition) is 2. The maximum atomic E-state index is 12.2. The number of allylic oxidation sites excluding steroid dienone is 1. The highest BCUT2D eigenvalue weighted by atomic mass is 16.7. The van der Waals surface area contributed by atoms with E-state index in [1.54, 1.807) is 27.7 Å². The molecule has 0 bridgehead atoms. The molecule has 1 heterocycles. The Kier molecular flexibility index (Phi) is 4.70. The number of carbonyl (C=O) groups is 2. The maximum absolute atomic E-state index is 12.2. The van der Waals surface area contributed by atoms with E-state index in [1.165, 1.54) is 6.92 Å². The van der Waals surface area contributed by atoms with Crippen LogP contribution in [0, 0.1) is 0 Å². The molecule has 0 aromatic rings. The normalized spacial score (nSPS) is 28.9. The van der Waals surface area contributed by atoms with Crippen molar-refractivity contribution >= 4 is 11.9 Å². The van der Waals surface area contributed by atoms with Crippen LogP contribution in [0.4, 0.5) is 0 Å². The smallest absolute Gasteiger partial charge is 0.350 e. The van der Waals surface area contributed by atoms with E-state index >= 15 is 0 Å². The first-order valence-electron chi connectivity index (χ1n) is 6.70. The molecule has 2 atom stereocenters. The van der Waals surface area contributed by atoms with Gasteiger partial charge in [-0.05, 0) is 34.6 Å².